The van der Waals surface area contributed by atoms with E-state index in [2.05, 4.69) is 5.32 Å². The third kappa shape index (κ3) is 4.74. The maximum absolute atomic E-state index is 13.6. The van der Waals surface area contributed by atoms with Crippen molar-refractivity contribution in [2.75, 3.05) is 26.7 Å². The molecule has 0 saturated carbocycles. The summed E-state index contributed by atoms with van der Waals surface area (Å²) in [5.74, 6) is -0.173. The van der Waals surface area contributed by atoms with E-state index < -0.39 is 11.6 Å². The first-order valence-corrected chi connectivity index (χ1v) is 12.9. The maximum Gasteiger partial charge on any atom is 0.325 e. The number of urea groups is 1. The Kier molecular flexibility index (Phi) is 7.68. The summed E-state index contributed by atoms with van der Waals surface area (Å²) in [5.41, 5.74) is -0.0459. The summed E-state index contributed by atoms with van der Waals surface area (Å²) < 4.78 is 5.53. The number of hydrogen-bond acceptors (Lipinski definition) is 5. The summed E-state index contributed by atoms with van der Waals surface area (Å²) in [6.45, 7) is 3.51. The molecule has 0 spiro atoms. The molecule has 7 nitrogen and oxygen atoms in total. The molecule has 0 radical (unpaired) electrons. The Hall–Kier alpha value is -2.71. The molecule has 2 fully saturated rings. The molecule has 1 N–H and O–H groups in total. The highest BCUT2D eigenvalue weighted by molar-refractivity contribution is 7.09. The normalized spacial score (nSPS) is 22.2. The van der Waals surface area contributed by atoms with Crippen LogP contribution in [0.4, 0.5) is 4.79 Å². The van der Waals surface area contributed by atoms with Gasteiger partial charge in [0.2, 0.25) is 0 Å². The van der Waals surface area contributed by atoms with Crippen molar-refractivity contribution in [2.45, 2.75) is 50.7 Å². The van der Waals surface area contributed by atoms with E-state index in [9.17, 15) is 14.4 Å². The molecular formula is C26H33N3O4S. The van der Waals surface area contributed by atoms with Gasteiger partial charge in [-0.2, -0.15) is 0 Å². The molecule has 8 heteroatoms. The number of amides is 4. The number of ether oxygens (including phenoxy) is 1. The number of piperidine rings is 1. The lowest BCUT2D eigenvalue weighted by Gasteiger charge is -2.41. The van der Waals surface area contributed by atoms with Gasteiger partial charge in [0.15, 0.2) is 6.10 Å². The van der Waals surface area contributed by atoms with Gasteiger partial charge in [-0.1, -0.05) is 49.7 Å². The smallest absolute Gasteiger partial charge is 0.325 e. The number of methoxy groups -OCH3 is 1. The first-order valence-electron chi connectivity index (χ1n) is 12.0. The molecular weight excluding hydrogens is 450 g/mol. The Morgan fingerprint density at radius 2 is 1.91 bits per heavy atom. The Labute approximate surface area is 205 Å². The number of carbonyl (C=O) groups excluding carboxylic acids is 3. The lowest BCUT2D eigenvalue weighted by atomic mass is 9.74. The van der Waals surface area contributed by atoms with Crippen LogP contribution in [0, 0.1) is 5.92 Å². The highest BCUT2D eigenvalue weighted by Crippen LogP contribution is 2.38. The van der Waals surface area contributed by atoms with Crippen molar-refractivity contribution in [1.29, 1.82) is 0 Å². The highest BCUT2D eigenvalue weighted by Gasteiger charge is 2.55. The first-order chi connectivity index (χ1) is 16.5. The minimum Gasteiger partial charge on any atom is -0.367 e. The van der Waals surface area contributed by atoms with Gasteiger partial charge in [-0.15, -0.1) is 11.3 Å². The van der Waals surface area contributed by atoms with Crippen LogP contribution in [0.2, 0.25) is 0 Å². The molecule has 34 heavy (non-hydrogen) atoms. The lowest BCUT2D eigenvalue weighted by molar-refractivity contribution is -0.144. The van der Waals surface area contributed by atoms with Gasteiger partial charge in [-0.25, -0.2) is 4.79 Å². The topological polar surface area (TPSA) is 79.0 Å². The number of hydrogen-bond donors (Lipinski definition) is 1. The van der Waals surface area contributed by atoms with Gasteiger partial charge in [-0.05, 0) is 48.6 Å². The van der Waals surface area contributed by atoms with E-state index in [0.29, 0.717) is 45.3 Å². The Morgan fingerprint density at radius 1 is 1.18 bits per heavy atom. The molecule has 0 bridgehead atoms. The zero-order valence-electron chi connectivity index (χ0n) is 19.9. The van der Waals surface area contributed by atoms with Crippen molar-refractivity contribution >= 4 is 29.2 Å². The van der Waals surface area contributed by atoms with Crippen LogP contribution < -0.4 is 5.32 Å². The van der Waals surface area contributed by atoms with Gasteiger partial charge in [0.05, 0.1) is 0 Å². The van der Waals surface area contributed by atoms with Crippen LogP contribution in [0.25, 0.3) is 0 Å². The average Bonchev–Trinajstić information content (AvgIpc) is 3.46. The van der Waals surface area contributed by atoms with Gasteiger partial charge in [0, 0.05) is 31.6 Å². The molecule has 0 aliphatic carbocycles. The fourth-order valence-corrected chi connectivity index (χ4v) is 6.03. The molecule has 2 aliphatic heterocycles. The molecule has 2 aromatic rings. The monoisotopic (exact) mass is 483 g/mol. The van der Waals surface area contributed by atoms with Crippen molar-refractivity contribution in [2.24, 2.45) is 5.92 Å². The van der Waals surface area contributed by atoms with Gasteiger partial charge < -0.3 is 15.0 Å². The van der Waals surface area contributed by atoms with E-state index in [4.69, 9.17) is 4.74 Å². The molecule has 2 atom stereocenters. The molecule has 4 amide bonds. The standard InChI is InChI=1S/C26H33N3O4S/c1-3-14-26(24(31)29(25(32)27-26)17-13-21-10-7-18-34-21)20-11-15-28(16-12-20)23(30)22(33-2)19-8-5-4-6-9-19/h4-10,18,20,22H,3,11-17H2,1-2H3,(H,27,32)/t22-,26+/m1/s1. The number of benzene rings is 1. The van der Waals surface area contributed by atoms with Crippen LogP contribution in [-0.4, -0.2) is 59.9 Å². The van der Waals surface area contributed by atoms with Crippen molar-refractivity contribution in [1.82, 2.24) is 15.1 Å². The van der Waals surface area contributed by atoms with Crippen molar-refractivity contribution < 1.29 is 19.1 Å². The lowest BCUT2D eigenvalue weighted by Crippen LogP contribution is -2.56. The number of carbonyl (C=O) groups is 3. The second kappa shape index (κ2) is 10.7. The fourth-order valence-electron chi connectivity index (χ4n) is 5.34. The number of imide groups is 1. The predicted octanol–water partition coefficient (Wildman–Crippen LogP) is 4.01. The largest absolute Gasteiger partial charge is 0.367 e. The quantitative estimate of drug-likeness (QED) is 0.547. The van der Waals surface area contributed by atoms with Crippen molar-refractivity contribution in [3.63, 3.8) is 0 Å². The predicted molar refractivity (Wildman–Crippen MR) is 131 cm³/mol. The third-order valence-electron chi connectivity index (χ3n) is 7.07. The van der Waals surface area contributed by atoms with E-state index in [-0.39, 0.29) is 23.8 Å². The van der Waals surface area contributed by atoms with Crippen LogP contribution in [0.1, 0.15) is 49.2 Å². The van der Waals surface area contributed by atoms with Crippen molar-refractivity contribution in [3.8, 4) is 0 Å². The van der Waals surface area contributed by atoms with Crippen LogP contribution in [0.15, 0.2) is 47.8 Å². The summed E-state index contributed by atoms with van der Waals surface area (Å²) in [6, 6.07) is 13.2. The zero-order valence-corrected chi connectivity index (χ0v) is 20.7. The molecule has 4 rings (SSSR count). The van der Waals surface area contributed by atoms with Gasteiger partial charge in [0.25, 0.3) is 11.8 Å². The minimum absolute atomic E-state index is 0.00240. The highest BCUT2D eigenvalue weighted by atomic mass is 32.1. The molecule has 1 aromatic heterocycles. The van der Waals surface area contributed by atoms with E-state index in [1.807, 2.05) is 59.7 Å². The molecule has 182 valence electrons. The van der Waals surface area contributed by atoms with Crippen LogP contribution in [0.5, 0.6) is 0 Å². The zero-order chi connectivity index (χ0) is 24.1. The first kappa shape index (κ1) is 24.4. The summed E-state index contributed by atoms with van der Waals surface area (Å²) in [6.07, 6.45) is 2.77. The van der Waals surface area contributed by atoms with Crippen LogP contribution >= 0.6 is 11.3 Å². The SMILES string of the molecule is CCC[C@@]1(C2CCN(C(=O)[C@H](OC)c3ccccc3)CC2)NC(=O)N(CCc2cccs2)C1=O. The molecule has 3 heterocycles. The third-order valence-corrected chi connectivity index (χ3v) is 8.01. The maximum atomic E-state index is 13.6. The number of nitrogens with one attached hydrogen (secondary N) is 1. The van der Waals surface area contributed by atoms with E-state index in [0.717, 1.165) is 16.9 Å². The number of rotatable bonds is 9. The number of thiophene rings is 1. The van der Waals surface area contributed by atoms with E-state index in [1.54, 1.807) is 18.4 Å². The molecule has 0 unspecified atom stereocenters. The number of nitrogens with zero attached hydrogens (tertiary/aromatic N) is 2. The fraction of sp³-hybridized carbons (Fsp3) is 0.500. The average molecular weight is 484 g/mol. The van der Waals surface area contributed by atoms with Crippen LogP contribution in [-0.2, 0) is 20.7 Å². The Bertz CT molecular complexity index is 989. The van der Waals surface area contributed by atoms with E-state index in [1.165, 1.54) is 4.90 Å². The van der Waals surface area contributed by atoms with Gasteiger partial charge in [-0.3, -0.25) is 14.5 Å². The number of likely N-dealkylation sites (tertiary alicyclic amines) is 1. The van der Waals surface area contributed by atoms with Gasteiger partial charge in [0.1, 0.15) is 5.54 Å². The molecule has 2 saturated heterocycles. The summed E-state index contributed by atoms with van der Waals surface area (Å²) >= 11 is 1.63. The van der Waals surface area contributed by atoms with Gasteiger partial charge >= 0.3 is 6.03 Å². The summed E-state index contributed by atoms with van der Waals surface area (Å²) in [7, 11) is 1.55. The second-order valence-corrected chi connectivity index (χ2v) is 10.1. The van der Waals surface area contributed by atoms with Crippen molar-refractivity contribution in [3.05, 3.63) is 58.3 Å². The van der Waals surface area contributed by atoms with E-state index >= 15 is 0 Å². The molecule has 2 aliphatic rings. The summed E-state index contributed by atoms with van der Waals surface area (Å²) in [5, 5.41) is 5.09. The van der Waals surface area contributed by atoms with Crippen LogP contribution in [0.3, 0.4) is 0 Å². The summed E-state index contributed by atoms with van der Waals surface area (Å²) in [4.78, 5) is 44.0. The Morgan fingerprint density at radius 3 is 2.53 bits per heavy atom. The Balaban J connectivity index is 1.43. The molecule has 1 aromatic carbocycles. The second-order valence-electron chi connectivity index (χ2n) is 9.06. The minimum atomic E-state index is -0.878.